The van der Waals surface area contributed by atoms with Crippen molar-refractivity contribution in [3.05, 3.63) is 53.5 Å². The molecule has 0 aliphatic heterocycles. The first-order chi connectivity index (χ1) is 9.22. The number of benzene rings is 1. The smallest absolute Gasteiger partial charge is 0.231 e. The molecule has 0 saturated carbocycles. The second-order valence-electron chi connectivity index (χ2n) is 4.08. The Labute approximate surface area is 111 Å². The van der Waals surface area contributed by atoms with Crippen molar-refractivity contribution in [3.8, 4) is 5.75 Å². The number of hydrogen-bond acceptors (Lipinski definition) is 4. The molecule has 2 rings (SSSR count). The number of carbonyl (C=O) groups excluding carboxylic acids is 1. The largest absolute Gasteiger partial charge is 0.490 e. The van der Waals surface area contributed by atoms with Crippen LogP contribution in [0.4, 0.5) is 0 Å². The number of hydrogen-bond donors (Lipinski definition) is 0. The Morgan fingerprint density at radius 3 is 2.63 bits per heavy atom. The molecule has 4 nitrogen and oxygen atoms in total. The van der Waals surface area contributed by atoms with Crippen LogP contribution >= 0.6 is 0 Å². The van der Waals surface area contributed by atoms with Crippen LogP contribution < -0.4 is 4.74 Å². The van der Waals surface area contributed by atoms with Crippen LogP contribution in [0.15, 0.2) is 40.8 Å². The second kappa shape index (κ2) is 6.20. The minimum atomic E-state index is -0.180. The molecule has 0 spiro atoms. The molecule has 19 heavy (non-hydrogen) atoms. The first kappa shape index (κ1) is 13.4. The summed E-state index contributed by atoms with van der Waals surface area (Å²) >= 11 is 0. The van der Waals surface area contributed by atoms with Crippen molar-refractivity contribution in [2.75, 3.05) is 20.3 Å². The Bertz CT molecular complexity index is 557. The van der Waals surface area contributed by atoms with Gasteiger partial charge in [-0.1, -0.05) is 12.1 Å². The minimum absolute atomic E-state index is 0.180. The summed E-state index contributed by atoms with van der Waals surface area (Å²) in [4.78, 5) is 12.3. The van der Waals surface area contributed by atoms with Crippen LogP contribution in [0.1, 0.15) is 21.9 Å². The lowest BCUT2D eigenvalue weighted by Gasteiger charge is -2.09. The van der Waals surface area contributed by atoms with Gasteiger partial charge >= 0.3 is 0 Å². The van der Waals surface area contributed by atoms with Gasteiger partial charge in [0, 0.05) is 7.11 Å². The third-order valence-corrected chi connectivity index (χ3v) is 2.64. The van der Waals surface area contributed by atoms with Crippen molar-refractivity contribution < 1.29 is 18.7 Å². The predicted octanol–water partition coefficient (Wildman–Crippen LogP) is 2.84. The van der Waals surface area contributed by atoms with E-state index in [1.165, 1.54) is 0 Å². The van der Waals surface area contributed by atoms with Crippen molar-refractivity contribution in [2.24, 2.45) is 0 Å². The molecule has 0 atom stereocenters. The van der Waals surface area contributed by atoms with E-state index in [1.807, 2.05) is 6.07 Å². The predicted molar refractivity (Wildman–Crippen MR) is 70.7 cm³/mol. The summed E-state index contributed by atoms with van der Waals surface area (Å²) in [7, 11) is 1.60. The van der Waals surface area contributed by atoms with E-state index >= 15 is 0 Å². The molecule has 4 heteroatoms. The van der Waals surface area contributed by atoms with E-state index < -0.39 is 0 Å². The van der Waals surface area contributed by atoms with Gasteiger partial charge in [0.1, 0.15) is 18.1 Å². The Balaban J connectivity index is 2.21. The van der Waals surface area contributed by atoms with E-state index in [9.17, 15) is 4.79 Å². The number of aryl methyl sites for hydroxylation is 1. The lowest BCUT2D eigenvalue weighted by molar-refractivity contribution is 0.1000. The Morgan fingerprint density at radius 1 is 1.16 bits per heavy atom. The maximum atomic E-state index is 12.3. The van der Waals surface area contributed by atoms with Crippen molar-refractivity contribution in [2.45, 2.75) is 6.92 Å². The summed E-state index contributed by atoms with van der Waals surface area (Å²) in [5.74, 6) is 1.39. The highest BCUT2D eigenvalue weighted by Crippen LogP contribution is 2.22. The molecule has 0 bridgehead atoms. The fraction of sp³-hybridized carbons (Fsp3) is 0.267. The molecule has 2 aromatic rings. The van der Waals surface area contributed by atoms with E-state index in [2.05, 4.69) is 0 Å². The summed E-state index contributed by atoms with van der Waals surface area (Å²) in [5, 5.41) is 0. The number of ketones is 1. The van der Waals surface area contributed by atoms with E-state index in [1.54, 1.807) is 44.4 Å². The summed E-state index contributed by atoms with van der Waals surface area (Å²) < 4.78 is 15.8. The third kappa shape index (κ3) is 3.23. The van der Waals surface area contributed by atoms with Gasteiger partial charge in [-0.2, -0.15) is 0 Å². The van der Waals surface area contributed by atoms with Crippen LogP contribution in [0.3, 0.4) is 0 Å². The Morgan fingerprint density at radius 2 is 1.95 bits per heavy atom. The highest BCUT2D eigenvalue weighted by atomic mass is 16.5. The van der Waals surface area contributed by atoms with Gasteiger partial charge in [-0.3, -0.25) is 4.79 Å². The SMILES string of the molecule is COCCOc1ccccc1C(=O)c1ccc(C)o1. The van der Waals surface area contributed by atoms with Crippen LogP contribution in [-0.2, 0) is 4.74 Å². The van der Waals surface area contributed by atoms with Crippen molar-refractivity contribution in [1.29, 1.82) is 0 Å². The summed E-state index contributed by atoms with van der Waals surface area (Å²) in [5.41, 5.74) is 0.493. The lowest BCUT2D eigenvalue weighted by Crippen LogP contribution is -2.08. The molecule has 1 heterocycles. The molecule has 0 amide bonds. The van der Waals surface area contributed by atoms with E-state index in [-0.39, 0.29) is 5.78 Å². The zero-order chi connectivity index (χ0) is 13.7. The molecule has 0 unspecified atom stereocenters. The Kier molecular flexibility index (Phi) is 4.36. The van der Waals surface area contributed by atoms with Gasteiger partial charge in [-0.25, -0.2) is 0 Å². The number of furan rings is 1. The summed E-state index contributed by atoms with van der Waals surface area (Å²) in [6, 6.07) is 10.5. The molecule has 0 N–H and O–H groups in total. The van der Waals surface area contributed by atoms with Crippen molar-refractivity contribution in [3.63, 3.8) is 0 Å². The van der Waals surface area contributed by atoms with Gasteiger partial charge in [0.2, 0.25) is 5.78 Å². The van der Waals surface area contributed by atoms with Gasteiger partial charge in [-0.05, 0) is 31.2 Å². The van der Waals surface area contributed by atoms with Crippen LogP contribution in [-0.4, -0.2) is 26.1 Å². The fourth-order valence-electron chi connectivity index (χ4n) is 1.70. The average molecular weight is 260 g/mol. The average Bonchev–Trinajstić information content (AvgIpc) is 2.85. The fourth-order valence-corrected chi connectivity index (χ4v) is 1.70. The normalized spacial score (nSPS) is 10.4. The minimum Gasteiger partial charge on any atom is -0.490 e. The second-order valence-corrected chi connectivity index (χ2v) is 4.08. The third-order valence-electron chi connectivity index (χ3n) is 2.64. The molecule has 100 valence electrons. The number of para-hydroxylation sites is 1. The van der Waals surface area contributed by atoms with Crippen LogP contribution in [0, 0.1) is 6.92 Å². The van der Waals surface area contributed by atoms with Crippen molar-refractivity contribution in [1.82, 2.24) is 0 Å². The molecule has 0 aliphatic rings. The number of carbonyl (C=O) groups is 1. The van der Waals surface area contributed by atoms with Gasteiger partial charge in [-0.15, -0.1) is 0 Å². The highest BCUT2D eigenvalue weighted by molar-refractivity contribution is 6.08. The van der Waals surface area contributed by atoms with Crippen LogP contribution in [0.5, 0.6) is 5.75 Å². The van der Waals surface area contributed by atoms with Gasteiger partial charge in [0.25, 0.3) is 0 Å². The maximum Gasteiger partial charge on any atom is 0.231 e. The molecule has 0 fully saturated rings. The van der Waals surface area contributed by atoms with E-state index in [4.69, 9.17) is 13.9 Å². The Hall–Kier alpha value is -2.07. The molecule has 1 aromatic carbocycles. The first-order valence-electron chi connectivity index (χ1n) is 6.04. The monoisotopic (exact) mass is 260 g/mol. The summed E-state index contributed by atoms with van der Waals surface area (Å²) in [6.45, 7) is 2.68. The first-order valence-corrected chi connectivity index (χ1v) is 6.04. The zero-order valence-electron chi connectivity index (χ0n) is 11.0. The molecule has 0 saturated heterocycles. The molecular weight excluding hydrogens is 244 g/mol. The molecule has 0 radical (unpaired) electrons. The number of methoxy groups -OCH3 is 1. The number of ether oxygens (including phenoxy) is 2. The van der Waals surface area contributed by atoms with Gasteiger partial charge in [0.15, 0.2) is 5.76 Å². The molecule has 1 aromatic heterocycles. The lowest BCUT2D eigenvalue weighted by atomic mass is 10.1. The standard InChI is InChI=1S/C15H16O4/c1-11-7-8-14(19-11)15(16)12-5-3-4-6-13(12)18-10-9-17-2/h3-8H,9-10H2,1-2H3. The van der Waals surface area contributed by atoms with Crippen molar-refractivity contribution >= 4 is 5.78 Å². The van der Waals surface area contributed by atoms with E-state index in [0.29, 0.717) is 36.0 Å². The van der Waals surface area contributed by atoms with Crippen LogP contribution in [0.2, 0.25) is 0 Å². The van der Waals surface area contributed by atoms with E-state index in [0.717, 1.165) is 0 Å². The van der Waals surface area contributed by atoms with Gasteiger partial charge in [0.05, 0.1) is 12.2 Å². The highest BCUT2D eigenvalue weighted by Gasteiger charge is 2.17. The molecular formula is C15H16O4. The molecule has 0 aliphatic carbocycles. The quantitative estimate of drug-likeness (QED) is 0.592. The summed E-state index contributed by atoms with van der Waals surface area (Å²) in [6.07, 6.45) is 0. The topological polar surface area (TPSA) is 48.7 Å². The maximum absolute atomic E-state index is 12.3. The zero-order valence-corrected chi connectivity index (χ0v) is 11.0. The van der Waals surface area contributed by atoms with Crippen LogP contribution in [0.25, 0.3) is 0 Å². The number of rotatable bonds is 6. The van der Waals surface area contributed by atoms with Gasteiger partial charge < -0.3 is 13.9 Å².